The molecule has 1 N–H and O–H groups in total. The summed E-state index contributed by atoms with van der Waals surface area (Å²) in [5.41, 5.74) is 2.95. The van der Waals surface area contributed by atoms with Gasteiger partial charge in [0, 0.05) is 18.2 Å². The normalized spacial score (nSPS) is 10.2. The molecule has 104 valence electrons. The van der Waals surface area contributed by atoms with E-state index in [0.717, 1.165) is 16.8 Å². The molecule has 0 atom stereocenters. The first-order valence-electron chi connectivity index (χ1n) is 6.41. The summed E-state index contributed by atoms with van der Waals surface area (Å²) >= 11 is 0. The second kappa shape index (κ2) is 6.65. The van der Waals surface area contributed by atoms with Crippen molar-refractivity contribution in [2.45, 2.75) is 20.0 Å². The predicted octanol–water partition coefficient (Wildman–Crippen LogP) is 2.68. The Hall–Kier alpha value is -2.43. The lowest BCUT2D eigenvalue weighted by atomic mass is 10.1. The van der Waals surface area contributed by atoms with Crippen LogP contribution in [0.25, 0.3) is 0 Å². The lowest BCUT2D eigenvalue weighted by Gasteiger charge is -2.06. The van der Waals surface area contributed by atoms with Crippen LogP contribution in [0.5, 0.6) is 5.88 Å². The average Bonchev–Trinajstić information content (AvgIpc) is 2.44. The van der Waals surface area contributed by atoms with Gasteiger partial charge in [0.1, 0.15) is 6.61 Å². The van der Waals surface area contributed by atoms with Gasteiger partial charge in [-0.25, -0.2) is 10.2 Å². The minimum Gasteiger partial charge on any atom is -0.473 e. The van der Waals surface area contributed by atoms with Gasteiger partial charge >= 0.3 is 0 Å². The highest BCUT2D eigenvalue weighted by molar-refractivity contribution is 5.23. The second-order valence-corrected chi connectivity index (χ2v) is 4.55. The van der Waals surface area contributed by atoms with E-state index in [0.29, 0.717) is 18.9 Å². The van der Waals surface area contributed by atoms with Crippen molar-refractivity contribution in [1.82, 2.24) is 4.98 Å². The van der Waals surface area contributed by atoms with Gasteiger partial charge in [-0.2, -0.15) is 0 Å². The van der Waals surface area contributed by atoms with E-state index in [-0.39, 0.29) is 11.5 Å². The number of rotatable bonds is 6. The fourth-order valence-corrected chi connectivity index (χ4v) is 1.78. The van der Waals surface area contributed by atoms with Crippen molar-refractivity contribution in [3.8, 4) is 5.88 Å². The zero-order valence-electron chi connectivity index (χ0n) is 11.3. The van der Waals surface area contributed by atoms with Gasteiger partial charge in [0.25, 0.3) is 6.54 Å². The summed E-state index contributed by atoms with van der Waals surface area (Å²) in [6.45, 7) is 2.44. The minimum atomic E-state index is -0.0551. The molecule has 5 heteroatoms. The molecule has 5 nitrogen and oxygen atoms in total. The summed E-state index contributed by atoms with van der Waals surface area (Å²) in [4.78, 5) is 14.6. The molecule has 0 saturated carbocycles. The lowest BCUT2D eigenvalue weighted by Crippen LogP contribution is -2.06. The predicted molar refractivity (Wildman–Crippen MR) is 73.7 cm³/mol. The van der Waals surface area contributed by atoms with Crippen molar-refractivity contribution in [2.24, 2.45) is 0 Å². The van der Waals surface area contributed by atoms with Crippen LogP contribution in [0.4, 0.5) is 0 Å². The van der Waals surface area contributed by atoms with Crippen molar-refractivity contribution < 1.29 is 14.9 Å². The van der Waals surface area contributed by atoms with Gasteiger partial charge in [-0.1, -0.05) is 30.3 Å². The van der Waals surface area contributed by atoms with Crippen LogP contribution in [0, 0.1) is 11.8 Å². The van der Waals surface area contributed by atoms with E-state index in [1.807, 2.05) is 49.4 Å². The summed E-state index contributed by atoms with van der Waals surface area (Å²) in [6, 6.07) is 13.4. The third-order valence-electron chi connectivity index (χ3n) is 2.86. The second-order valence-electron chi connectivity index (χ2n) is 4.55. The third-order valence-corrected chi connectivity index (χ3v) is 2.86. The van der Waals surface area contributed by atoms with Crippen LogP contribution in [0.15, 0.2) is 42.5 Å². The fourth-order valence-electron chi connectivity index (χ4n) is 1.78. The number of aromatic nitrogens is 1. The van der Waals surface area contributed by atoms with Gasteiger partial charge in [0.2, 0.25) is 10.8 Å². The summed E-state index contributed by atoms with van der Waals surface area (Å²) in [5.74, 6) is 0.608. The van der Waals surface area contributed by atoms with Crippen molar-refractivity contribution in [3.63, 3.8) is 0 Å². The molecule has 0 aliphatic carbocycles. The van der Waals surface area contributed by atoms with Crippen LogP contribution in [0.1, 0.15) is 16.8 Å². The third kappa shape index (κ3) is 4.35. The summed E-state index contributed by atoms with van der Waals surface area (Å²) in [6.07, 6.45) is 0.514. The molecule has 20 heavy (non-hydrogen) atoms. The zero-order chi connectivity index (χ0) is 14.4. The van der Waals surface area contributed by atoms with E-state index < -0.39 is 0 Å². The van der Waals surface area contributed by atoms with Crippen LogP contribution in [-0.2, 0) is 13.0 Å². The molecule has 0 aliphatic heterocycles. The van der Waals surface area contributed by atoms with Crippen LogP contribution in [0.2, 0.25) is 0 Å². The van der Waals surface area contributed by atoms with Gasteiger partial charge < -0.3 is 4.74 Å². The Kier molecular flexibility index (Phi) is 4.65. The molecule has 0 fully saturated rings. The van der Waals surface area contributed by atoms with Gasteiger partial charge in [-0.05, 0) is 24.1 Å². The maximum absolute atomic E-state index is 10.4. The monoisotopic (exact) mass is 273 g/mol. The molecule has 1 heterocycles. The lowest BCUT2D eigenvalue weighted by molar-refractivity contribution is -0.790. The van der Waals surface area contributed by atoms with E-state index in [9.17, 15) is 4.91 Å². The van der Waals surface area contributed by atoms with Crippen molar-refractivity contribution in [2.75, 3.05) is 6.54 Å². The molecular formula is C15H17N2O3+. The van der Waals surface area contributed by atoms with E-state index >= 15 is 0 Å². The highest BCUT2D eigenvalue weighted by Gasteiger charge is 2.04. The highest BCUT2D eigenvalue weighted by atomic mass is 16.6. The SMILES string of the molecule is Cc1cccc(OCc2ccc(CC[N+](=O)O)cc2)n1. The molecule has 0 unspecified atom stereocenters. The molecule has 0 amide bonds. The Labute approximate surface area is 117 Å². The van der Waals surface area contributed by atoms with Crippen LogP contribution in [0.3, 0.4) is 0 Å². The molecule has 1 aromatic carbocycles. The first-order valence-corrected chi connectivity index (χ1v) is 6.41. The van der Waals surface area contributed by atoms with Gasteiger partial charge in [-0.15, -0.1) is 0 Å². The maximum atomic E-state index is 10.4. The number of ether oxygens (including phenoxy) is 1. The van der Waals surface area contributed by atoms with Crippen LogP contribution >= 0.6 is 0 Å². The largest absolute Gasteiger partial charge is 0.473 e. The van der Waals surface area contributed by atoms with Gasteiger partial charge in [0.05, 0.1) is 4.91 Å². The summed E-state index contributed by atoms with van der Waals surface area (Å²) in [5, 5.41) is 8.55. The number of pyridine rings is 1. The van der Waals surface area contributed by atoms with E-state index in [1.165, 1.54) is 0 Å². The van der Waals surface area contributed by atoms with Crippen LogP contribution in [-0.4, -0.2) is 21.7 Å². The molecule has 0 saturated heterocycles. The quantitative estimate of drug-likeness (QED) is 0.822. The van der Waals surface area contributed by atoms with Crippen molar-refractivity contribution >= 4 is 0 Å². The van der Waals surface area contributed by atoms with E-state index in [2.05, 4.69) is 4.98 Å². The van der Waals surface area contributed by atoms with Crippen LogP contribution < -0.4 is 4.74 Å². The highest BCUT2D eigenvalue weighted by Crippen LogP contribution is 2.11. The Morgan fingerprint density at radius 2 is 1.85 bits per heavy atom. The number of hydrogen-bond donors (Lipinski definition) is 1. The average molecular weight is 273 g/mol. The summed E-state index contributed by atoms with van der Waals surface area (Å²) in [7, 11) is 0. The molecule has 0 spiro atoms. The topological polar surface area (TPSA) is 62.4 Å². The number of hydrogen-bond acceptors (Lipinski definition) is 3. The molecule has 0 radical (unpaired) electrons. The molecule has 0 bridgehead atoms. The van der Waals surface area contributed by atoms with Crippen molar-refractivity contribution in [1.29, 1.82) is 0 Å². The molecular weight excluding hydrogens is 256 g/mol. The Balaban J connectivity index is 1.89. The Morgan fingerprint density at radius 3 is 2.50 bits per heavy atom. The first-order chi connectivity index (χ1) is 9.63. The smallest absolute Gasteiger partial charge is 0.252 e. The molecule has 0 aliphatic rings. The molecule has 2 aromatic rings. The van der Waals surface area contributed by atoms with Gasteiger partial charge in [-0.3, -0.25) is 0 Å². The Bertz CT molecular complexity index is 582. The molecule has 1 aromatic heterocycles. The van der Waals surface area contributed by atoms with E-state index in [4.69, 9.17) is 9.94 Å². The number of aryl methyl sites for hydroxylation is 1. The first kappa shape index (κ1) is 14.0. The zero-order valence-corrected chi connectivity index (χ0v) is 11.3. The summed E-state index contributed by atoms with van der Waals surface area (Å²) < 4.78 is 5.60. The van der Waals surface area contributed by atoms with Crippen molar-refractivity contribution in [3.05, 3.63) is 64.2 Å². The standard InChI is InChI=1S/C15H17N2O3/c1-12-3-2-4-15(16-12)20-11-14-7-5-13(6-8-14)9-10-17(18)19/h2-8H,9-11H2,1H3,(H,18,19)/q+1. The fraction of sp³-hybridized carbons (Fsp3) is 0.267. The molecule has 2 rings (SSSR count). The maximum Gasteiger partial charge on any atom is 0.252 e. The Morgan fingerprint density at radius 1 is 1.15 bits per heavy atom. The number of nitrogens with zero attached hydrogens (tertiary/aromatic N) is 2. The number of benzene rings is 1. The van der Waals surface area contributed by atoms with Gasteiger partial charge in [0.15, 0.2) is 0 Å². The minimum absolute atomic E-state index is 0.0551. The van der Waals surface area contributed by atoms with E-state index in [1.54, 1.807) is 0 Å².